The number of nitrogens with zero attached hydrogens (tertiary/aromatic N) is 1. The number of methoxy groups -OCH3 is 1. The molecule has 0 radical (unpaired) electrons. The third-order valence-corrected chi connectivity index (χ3v) is 3.04. The van der Waals surface area contributed by atoms with E-state index in [2.05, 4.69) is 5.32 Å². The van der Waals surface area contributed by atoms with Gasteiger partial charge in [-0.2, -0.15) is 0 Å². The van der Waals surface area contributed by atoms with Crippen molar-refractivity contribution in [1.29, 1.82) is 0 Å². The minimum absolute atomic E-state index is 0.215. The summed E-state index contributed by atoms with van der Waals surface area (Å²) in [6.45, 7) is -0.580. The van der Waals surface area contributed by atoms with Crippen LogP contribution in [0.15, 0.2) is 48.5 Å². The topological polar surface area (TPSA) is 108 Å². The Labute approximate surface area is 137 Å². The molecule has 0 aromatic heterocycles. The zero-order valence-electron chi connectivity index (χ0n) is 12.7. The number of carbonyl (C=O) groups is 2. The molecule has 2 aromatic rings. The smallest absolute Gasteiger partial charge is 0.345 e. The highest BCUT2D eigenvalue weighted by molar-refractivity contribution is 5.98. The fourth-order valence-electron chi connectivity index (χ4n) is 1.95. The molecule has 0 fully saturated rings. The van der Waals surface area contributed by atoms with Gasteiger partial charge < -0.3 is 14.8 Å². The highest BCUT2D eigenvalue weighted by Crippen LogP contribution is 2.23. The summed E-state index contributed by atoms with van der Waals surface area (Å²) >= 11 is 0. The molecule has 1 amide bonds. The van der Waals surface area contributed by atoms with Gasteiger partial charge in [-0.1, -0.05) is 24.3 Å². The van der Waals surface area contributed by atoms with Gasteiger partial charge in [0.25, 0.3) is 11.6 Å². The summed E-state index contributed by atoms with van der Waals surface area (Å²) in [4.78, 5) is 34.0. The molecule has 0 spiro atoms. The Bertz CT molecular complexity index is 775. The van der Waals surface area contributed by atoms with Crippen molar-refractivity contribution in [2.75, 3.05) is 19.0 Å². The first-order valence-electron chi connectivity index (χ1n) is 6.86. The maximum atomic E-state index is 11.9. The monoisotopic (exact) mass is 330 g/mol. The predicted molar refractivity (Wildman–Crippen MR) is 85.0 cm³/mol. The van der Waals surface area contributed by atoms with E-state index in [0.29, 0.717) is 11.4 Å². The van der Waals surface area contributed by atoms with Crippen LogP contribution in [0.3, 0.4) is 0 Å². The van der Waals surface area contributed by atoms with Gasteiger partial charge in [-0.3, -0.25) is 14.9 Å². The van der Waals surface area contributed by atoms with Gasteiger partial charge in [0.1, 0.15) is 11.3 Å². The summed E-state index contributed by atoms with van der Waals surface area (Å²) in [5.41, 5.74) is -0.174. The third-order valence-electron chi connectivity index (χ3n) is 3.04. The third kappa shape index (κ3) is 4.07. The summed E-state index contributed by atoms with van der Waals surface area (Å²) in [5.74, 6) is -1.08. The standard InChI is InChI=1S/C16H14N2O6/c1-23-14-9-5-3-7-12(14)17-15(19)10-24-16(20)11-6-2-4-8-13(11)18(21)22/h2-9H,10H2,1H3,(H,17,19). The van der Waals surface area contributed by atoms with Crippen LogP contribution in [-0.2, 0) is 9.53 Å². The Hall–Kier alpha value is -3.42. The van der Waals surface area contributed by atoms with Gasteiger partial charge in [0.05, 0.1) is 17.7 Å². The van der Waals surface area contributed by atoms with Crippen molar-refractivity contribution in [3.63, 3.8) is 0 Å². The quantitative estimate of drug-likeness (QED) is 0.495. The van der Waals surface area contributed by atoms with E-state index in [4.69, 9.17) is 9.47 Å². The lowest BCUT2D eigenvalue weighted by atomic mass is 10.2. The highest BCUT2D eigenvalue weighted by atomic mass is 16.6. The Balaban J connectivity index is 1.99. The van der Waals surface area contributed by atoms with Gasteiger partial charge in [0, 0.05) is 6.07 Å². The summed E-state index contributed by atoms with van der Waals surface area (Å²) in [6.07, 6.45) is 0. The van der Waals surface area contributed by atoms with E-state index in [9.17, 15) is 19.7 Å². The highest BCUT2D eigenvalue weighted by Gasteiger charge is 2.21. The van der Waals surface area contributed by atoms with Gasteiger partial charge in [0.2, 0.25) is 0 Å². The van der Waals surface area contributed by atoms with Crippen molar-refractivity contribution in [3.8, 4) is 5.75 Å². The summed E-state index contributed by atoms with van der Waals surface area (Å²) < 4.78 is 9.92. The fourth-order valence-corrected chi connectivity index (χ4v) is 1.95. The summed E-state index contributed by atoms with van der Waals surface area (Å²) in [7, 11) is 1.46. The van der Waals surface area contributed by atoms with Gasteiger partial charge in [-0.25, -0.2) is 4.79 Å². The first-order valence-corrected chi connectivity index (χ1v) is 6.86. The second-order valence-corrected chi connectivity index (χ2v) is 4.60. The molecule has 0 aliphatic heterocycles. The maximum absolute atomic E-state index is 11.9. The molecular weight excluding hydrogens is 316 g/mol. The largest absolute Gasteiger partial charge is 0.495 e. The number of hydrogen-bond acceptors (Lipinski definition) is 6. The molecule has 124 valence electrons. The minimum atomic E-state index is -0.947. The second kappa shape index (κ2) is 7.73. The van der Waals surface area contributed by atoms with Crippen molar-refractivity contribution in [2.24, 2.45) is 0 Å². The zero-order valence-corrected chi connectivity index (χ0v) is 12.7. The molecule has 0 aliphatic carbocycles. The number of amides is 1. The lowest BCUT2D eigenvalue weighted by molar-refractivity contribution is -0.385. The van der Waals surface area contributed by atoms with E-state index in [1.165, 1.54) is 31.4 Å². The van der Waals surface area contributed by atoms with Crippen LogP contribution in [0.25, 0.3) is 0 Å². The average Bonchev–Trinajstić information content (AvgIpc) is 2.60. The van der Waals surface area contributed by atoms with E-state index in [1.807, 2.05) is 0 Å². The lowest BCUT2D eigenvalue weighted by Gasteiger charge is -2.10. The summed E-state index contributed by atoms with van der Waals surface area (Å²) in [5, 5.41) is 13.4. The van der Waals surface area contributed by atoms with Gasteiger partial charge in [-0.05, 0) is 18.2 Å². The van der Waals surface area contributed by atoms with Crippen molar-refractivity contribution in [3.05, 3.63) is 64.2 Å². The predicted octanol–water partition coefficient (Wildman–Crippen LogP) is 2.40. The number of esters is 1. The number of nitro groups is 1. The van der Waals surface area contributed by atoms with E-state index in [0.717, 1.165) is 0 Å². The molecule has 0 saturated heterocycles. The Morgan fingerprint density at radius 2 is 1.79 bits per heavy atom. The fraction of sp³-hybridized carbons (Fsp3) is 0.125. The molecule has 24 heavy (non-hydrogen) atoms. The van der Waals surface area contributed by atoms with E-state index >= 15 is 0 Å². The van der Waals surface area contributed by atoms with E-state index in [-0.39, 0.29) is 11.3 Å². The van der Waals surface area contributed by atoms with Gasteiger partial charge in [-0.15, -0.1) is 0 Å². The van der Waals surface area contributed by atoms with Crippen molar-refractivity contribution in [1.82, 2.24) is 0 Å². The Morgan fingerprint density at radius 3 is 2.50 bits per heavy atom. The number of anilines is 1. The molecule has 0 unspecified atom stereocenters. The van der Waals surface area contributed by atoms with Crippen LogP contribution in [0.2, 0.25) is 0 Å². The van der Waals surface area contributed by atoms with Crippen LogP contribution < -0.4 is 10.1 Å². The number of carbonyl (C=O) groups excluding carboxylic acids is 2. The number of nitrogens with one attached hydrogen (secondary N) is 1. The molecule has 0 bridgehead atoms. The van der Waals surface area contributed by atoms with Crippen LogP contribution in [0, 0.1) is 10.1 Å². The van der Waals surface area contributed by atoms with Gasteiger partial charge in [0.15, 0.2) is 6.61 Å². The number of hydrogen-bond donors (Lipinski definition) is 1. The Kier molecular flexibility index (Phi) is 5.45. The number of para-hydroxylation sites is 3. The maximum Gasteiger partial charge on any atom is 0.345 e. The molecule has 1 N–H and O–H groups in total. The Morgan fingerprint density at radius 1 is 1.12 bits per heavy atom. The normalized spacial score (nSPS) is 9.88. The lowest BCUT2D eigenvalue weighted by Crippen LogP contribution is -2.21. The molecule has 8 nitrogen and oxygen atoms in total. The van der Waals surface area contributed by atoms with Crippen LogP contribution >= 0.6 is 0 Å². The molecule has 0 aliphatic rings. The first-order chi connectivity index (χ1) is 11.5. The molecule has 0 atom stereocenters. The second-order valence-electron chi connectivity index (χ2n) is 4.60. The molecule has 8 heteroatoms. The summed E-state index contributed by atoms with van der Waals surface area (Å²) in [6, 6.07) is 12.1. The molecular formula is C16H14N2O6. The molecule has 0 saturated carbocycles. The molecule has 0 heterocycles. The van der Waals surface area contributed by atoms with Crippen molar-refractivity contribution >= 4 is 23.3 Å². The minimum Gasteiger partial charge on any atom is -0.495 e. The average molecular weight is 330 g/mol. The van der Waals surface area contributed by atoms with E-state index < -0.39 is 23.4 Å². The van der Waals surface area contributed by atoms with Crippen LogP contribution in [0.5, 0.6) is 5.75 Å². The van der Waals surface area contributed by atoms with Crippen molar-refractivity contribution < 1.29 is 24.0 Å². The van der Waals surface area contributed by atoms with Gasteiger partial charge >= 0.3 is 5.97 Å². The number of benzene rings is 2. The van der Waals surface area contributed by atoms with Crippen LogP contribution in [0.1, 0.15) is 10.4 Å². The zero-order chi connectivity index (χ0) is 17.5. The number of nitro benzene ring substituents is 1. The number of rotatable bonds is 6. The number of ether oxygens (including phenoxy) is 2. The van der Waals surface area contributed by atoms with E-state index in [1.54, 1.807) is 24.3 Å². The SMILES string of the molecule is COc1ccccc1NC(=O)COC(=O)c1ccccc1[N+](=O)[O-]. The van der Waals surface area contributed by atoms with Crippen molar-refractivity contribution in [2.45, 2.75) is 0 Å². The molecule has 2 aromatic carbocycles. The van der Waals surface area contributed by atoms with Crippen LogP contribution in [0.4, 0.5) is 11.4 Å². The molecule has 2 rings (SSSR count). The first kappa shape index (κ1) is 16.9. The van der Waals surface area contributed by atoms with Crippen LogP contribution in [-0.4, -0.2) is 30.5 Å².